The molecule has 2 heterocycles. The van der Waals surface area contributed by atoms with Crippen LogP contribution in [0, 0.1) is 5.41 Å². The lowest BCUT2D eigenvalue weighted by molar-refractivity contribution is -0.163. The van der Waals surface area contributed by atoms with Gasteiger partial charge in [0.15, 0.2) is 0 Å². The molecule has 0 atom stereocenters. The summed E-state index contributed by atoms with van der Waals surface area (Å²) in [6.07, 6.45) is 7.33. The lowest BCUT2D eigenvalue weighted by atomic mass is 9.70. The van der Waals surface area contributed by atoms with Crippen LogP contribution in [0.25, 0.3) is 0 Å². The van der Waals surface area contributed by atoms with Gasteiger partial charge in [0.2, 0.25) is 0 Å². The molecule has 1 fully saturated rings. The topological polar surface area (TPSA) is 102 Å². The van der Waals surface area contributed by atoms with Crippen LogP contribution in [-0.4, -0.2) is 43.0 Å². The molecule has 2 aromatic heterocycles. The van der Waals surface area contributed by atoms with E-state index in [9.17, 15) is 9.90 Å². The van der Waals surface area contributed by atoms with E-state index in [1.54, 1.807) is 18.6 Å². The predicted molar refractivity (Wildman–Crippen MR) is 114 cm³/mol. The number of anilines is 2. The Bertz CT molecular complexity index is 864. The van der Waals surface area contributed by atoms with E-state index in [0.717, 1.165) is 11.5 Å². The highest BCUT2D eigenvalue weighted by Crippen LogP contribution is 2.40. The molecule has 0 radical (unpaired) electrons. The Balaban J connectivity index is 1.82. The monoisotopic (exact) mass is 415 g/mol. The number of aliphatic hydroxyl groups excluding tert-OH is 1. The lowest BCUT2D eigenvalue weighted by Crippen LogP contribution is -2.41. The van der Waals surface area contributed by atoms with Crippen molar-refractivity contribution in [3.63, 3.8) is 0 Å². The molecule has 8 heteroatoms. The number of ether oxygens (including phenoxy) is 1. The van der Waals surface area contributed by atoms with Gasteiger partial charge < -0.3 is 15.2 Å². The van der Waals surface area contributed by atoms with Gasteiger partial charge >= 0.3 is 5.97 Å². The molecule has 0 amide bonds. The molecule has 8 nitrogen and oxygen atoms in total. The highest BCUT2D eigenvalue weighted by Gasteiger charge is 2.43. The van der Waals surface area contributed by atoms with Crippen LogP contribution < -0.4 is 5.32 Å². The Morgan fingerprint density at radius 3 is 2.67 bits per heavy atom. The zero-order valence-corrected chi connectivity index (χ0v) is 18.6. The van der Waals surface area contributed by atoms with Gasteiger partial charge in [-0.15, -0.1) is 0 Å². The van der Waals surface area contributed by atoms with Crippen molar-refractivity contribution in [2.24, 2.45) is 5.41 Å². The number of aromatic nitrogens is 4. The van der Waals surface area contributed by atoms with Gasteiger partial charge in [-0.1, -0.05) is 0 Å². The number of rotatable bonds is 6. The minimum Gasteiger partial charge on any atom is -0.463 e. The number of nitrogens with one attached hydrogen (secondary N) is 1. The number of hydrogen-bond acceptors (Lipinski definition) is 7. The molecule has 164 valence electrons. The largest absolute Gasteiger partial charge is 0.463 e. The van der Waals surface area contributed by atoms with Gasteiger partial charge in [-0.2, -0.15) is 5.10 Å². The summed E-state index contributed by atoms with van der Waals surface area (Å²) in [7, 11) is 0. The minimum atomic E-state index is -0.677. The third kappa shape index (κ3) is 5.16. The average molecular weight is 416 g/mol. The van der Waals surface area contributed by atoms with Crippen LogP contribution in [0.1, 0.15) is 66.0 Å². The van der Waals surface area contributed by atoms with E-state index in [1.165, 1.54) is 0 Å². The predicted octanol–water partition coefficient (Wildman–Crippen LogP) is 3.59. The van der Waals surface area contributed by atoms with Crippen LogP contribution in [0.4, 0.5) is 11.6 Å². The lowest BCUT2D eigenvalue weighted by Gasteiger charge is -2.37. The Morgan fingerprint density at radius 2 is 2.03 bits per heavy atom. The molecule has 2 aromatic rings. The summed E-state index contributed by atoms with van der Waals surface area (Å²) in [5.41, 5.74) is -0.132. The SMILES string of the molecule is CC(C)OC(=O)C1(Cc2cncc(Nc3ccnn3C(C)(C)C)n2)CCC(O)CC1. The van der Waals surface area contributed by atoms with Gasteiger partial charge in [-0.3, -0.25) is 9.78 Å². The van der Waals surface area contributed by atoms with Gasteiger partial charge in [-0.05, 0) is 60.3 Å². The molecule has 0 aromatic carbocycles. The maximum absolute atomic E-state index is 13.0. The molecule has 0 bridgehead atoms. The second kappa shape index (κ2) is 8.71. The fourth-order valence-electron chi connectivity index (χ4n) is 3.91. The van der Waals surface area contributed by atoms with Crippen LogP contribution in [-0.2, 0) is 21.5 Å². The first kappa shape index (κ1) is 22.2. The highest BCUT2D eigenvalue weighted by molar-refractivity contribution is 5.77. The van der Waals surface area contributed by atoms with Crippen LogP contribution in [0.2, 0.25) is 0 Å². The van der Waals surface area contributed by atoms with Crippen LogP contribution in [0.3, 0.4) is 0 Å². The number of aliphatic hydroxyl groups is 1. The summed E-state index contributed by atoms with van der Waals surface area (Å²) in [5, 5.41) is 17.6. The van der Waals surface area contributed by atoms with Crippen molar-refractivity contribution in [1.82, 2.24) is 19.7 Å². The van der Waals surface area contributed by atoms with E-state index in [0.29, 0.717) is 37.9 Å². The second-order valence-electron chi connectivity index (χ2n) is 9.46. The van der Waals surface area contributed by atoms with Crippen molar-refractivity contribution in [1.29, 1.82) is 0 Å². The molecule has 30 heavy (non-hydrogen) atoms. The molecular weight excluding hydrogens is 382 g/mol. The molecule has 0 aliphatic heterocycles. The Hall–Kier alpha value is -2.48. The summed E-state index contributed by atoms with van der Waals surface area (Å²) >= 11 is 0. The zero-order valence-electron chi connectivity index (χ0n) is 18.6. The van der Waals surface area contributed by atoms with E-state index in [2.05, 4.69) is 36.2 Å². The van der Waals surface area contributed by atoms with E-state index in [4.69, 9.17) is 9.72 Å². The van der Waals surface area contributed by atoms with Crippen molar-refractivity contribution < 1.29 is 14.6 Å². The number of esters is 1. The summed E-state index contributed by atoms with van der Waals surface area (Å²) in [4.78, 5) is 22.0. The Labute approximate surface area is 178 Å². The first-order valence-electron chi connectivity index (χ1n) is 10.6. The average Bonchev–Trinajstić information content (AvgIpc) is 3.12. The number of carbonyl (C=O) groups is 1. The quantitative estimate of drug-likeness (QED) is 0.695. The van der Waals surface area contributed by atoms with Crippen LogP contribution in [0.5, 0.6) is 0 Å². The maximum atomic E-state index is 13.0. The fourth-order valence-corrected chi connectivity index (χ4v) is 3.91. The molecule has 1 saturated carbocycles. The third-order valence-corrected chi connectivity index (χ3v) is 5.43. The van der Waals surface area contributed by atoms with Gasteiger partial charge in [0, 0.05) is 18.7 Å². The van der Waals surface area contributed by atoms with E-state index >= 15 is 0 Å². The van der Waals surface area contributed by atoms with E-state index < -0.39 is 5.41 Å². The third-order valence-electron chi connectivity index (χ3n) is 5.43. The summed E-state index contributed by atoms with van der Waals surface area (Å²) in [6, 6.07) is 1.89. The second-order valence-corrected chi connectivity index (χ2v) is 9.46. The smallest absolute Gasteiger partial charge is 0.312 e. The standard InChI is InChI=1S/C22H33N5O3/c1-15(2)30-20(29)22(9-6-17(28)7-10-22)12-16-13-23-14-18(25-16)26-19-8-11-24-27(19)21(3,4)5/h8,11,13-15,17,28H,6-7,9-10,12H2,1-5H3,(H,25,26). The summed E-state index contributed by atoms with van der Waals surface area (Å²) in [6.45, 7) is 9.94. The minimum absolute atomic E-state index is 0.176. The molecule has 1 aliphatic carbocycles. The van der Waals surface area contributed by atoms with Gasteiger partial charge in [0.25, 0.3) is 0 Å². The van der Waals surface area contributed by atoms with Crippen molar-refractivity contribution in [2.45, 2.75) is 84.5 Å². The number of nitrogens with zero attached hydrogens (tertiary/aromatic N) is 4. The van der Waals surface area contributed by atoms with Gasteiger partial charge in [0.1, 0.15) is 11.6 Å². The maximum Gasteiger partial charge on any atom is 0.312 e. The normalized spacial score (nSPS) is 22.2. The summed E-state index contributed by atoms with van der Waals surface area (Å²) in [5.74, 6) is 1.21. The van der Waals surface area contributed by atoms with Crippen molar-refractivity contribution in [2.75, 3.05) is 5.32 Å². The number of carbonyl (C=O) groups excluding carboxylic acids is 1. The van der Waals surface area contributed by atoms with Crippen molar-refractivity contribution in [3.8, 4) is 0 Å². The van der Waals surface area contributed by atoms with Gasteiger partial charge in [-0.25, -0.2) is 9.67 Å². The first-order valence-corrected chi connectivity index (χ1v) is 10.6. The molecule has 1 aliphatic rings. The van der Waals surface area contributed by atoms with Crippen LogP contribution in [0.15, 0.2) is 24.7 Å². The molecule has 0 spiro atoms. The molecule has 2 N–H and O–H groups in total. The molecule has 0 unspecified atom stereocenters. The van der Waals surface area contributed by atoms with E-state index in [1.807, 2.05) is 24.6 Å². The highest BCUT2D eigenvalue weighted by atomic mass is 16.5. The molecule has 0 saturated heterocycles. The van der Waals surface area contributed by atoms with Crippen molar-refractivity contribution in [3.05, 3.63) is 30.4 Å². The fraction of sp³-hybridized carbons (Fsp3) is 0.636. The van der Waals surface area contributed by atoms with Gasteiger partial charge in [0.05, 0.1) is 41.2 Å². The molecule has 3 rings (SSSR count). The summed E-state index contributed by atoms with van der Waals surface area (Å²) < 4.78 is 7.47. The van der Waals surface area contributed by atoms with Crippen molar-refractivity contribution >= 4 is 17.6 Å². The first-order chi connectivity index (χ1) is 14.1. The zero-order chi connectivity index (χ0) is 21.9. The number of hydrogen-bond donors (Lipinski definition) is 2. The van der Waals surface area contributed by atoms with E-state index in [-0.39, 0.29) is 23.7 Å². The Morgan fingerprint density at radius 1 is 1.33 bits per heavy atom. The van der Waals surface area contributed by atoms with Crippen LogP contribution >= 0.6 is 0 Å². The molecular formula is C22H33N5O3. The Kier molecular flexibility index (Phi) is 6.45.